The van der Waals surface area contributed by atoms with E-state index in [1.807, 2.05) is 18.2 Å². The second kappa shape index (κ2) is 4.45. The number of anilines is 1. The van der Waals surface area contributed by atoms with Gasteiger partial charge in [0.05, 0.1) is 6.61 Å². The van der Waals surface area contributed by atoms with Crippen LogP contribution in [0.2, 0.25) is 0 Å². The number of hydrogen-bond donors (Lipinski definition) is 1. The highest BCUT2D eigenvalue weighted by Gasteiger charge is 2.36. The second-order valence-corrected chi connectivity index (χ2v) is 6.79. The summed E-state index contributed by atoms with van der Waals surface area (Å²) in [6.07, 6.45) is -0.602. The zero-order chi connectivity index (χ0) is 11.1. The van der Waals surface area contributed by atoms with Crippen molar-refractivity contribution in [3.05, 3.63) is 27.3 Å². The van der Waals surface area contributed by atoms with Crippen LogP contribution in [0.3, 0.4) is 0 Å². The number of fused-ring (bicyclic) bond motifs is 1. The fourth-order valence-electron chi connectivity index (χ4n) is 1.35. The molecule has 0 radical (unpaired) electrons. The molecule has 1 aromatic rings. The van der Waals surface area contributed by atoms with E-state index in [9.17, 15) is 0 Å². The van der Waals surface area contributed by atoms with Crippen molar-refractivity contribution < 1.29 is 4.74 Å². The van der Waals surface area contributed by atoms with Gasteiger partial charge in [0.25, 0.3) is 0 Å². The quantitative estimate of drug-likeness (QED) is 0.546. The first kappa shape index (κ1) is 12.0. The summed E-state index contributed by atoms with van der Waals surface area (Å²) in [6, 6.07) is 5.99. The number of benzene rings is 1. The van der Waals surface area contributed by atoms with Gasteiger partial charge in [0.2, 0.25) is 3.79 Å². The van der Waals surface area contributed by atoms with Crippen molar-refractivity contribution in [1.82, 2.24) is 0 Å². The molecule has 2 rings (SSSR count). The van der Waals surface area contributed by atoms with Crippen LogP contribution in [-0.2, 0) is 11.3 Å². The van der Waals surface area contributed by atoms with Crippen molar-refractivity contribution in [2.24, 2.45) is 0 Å². The van der Waals surface area contributed by atoms with Crippen LogP contribution in [0.5, 0.6) is 0 Å². The summed E-state index contributed by atoms with van der Waals surface area (Å²) in [4.78, 5) is 0. The summed E-state index contributed by atoms with van der Waals surface area (Å²) in [7, 11) is 0. The number of alkyl halides is 3. The van der Waals surface area contributed by atoms with Crippen molar-refractivity contribution in [1.29, 1.82) is 0 Å². The van der Waals surface area contributed by atoms with E-state index in [1.165, 1.54) is 0 Å². The van der Waals surface area contributed by atoms with Crippen LogP contribution in [0, 0.1) is 3.57 Å². The molecule has 0 aromatic heterocycles. The third kappa shape index (κ3) is 2.82. The normalized spacial score (nSPS) is 20.7. The Labute approximate surface area is 116 Å². The van der Waals surface area contributed by atoms with Gasteiger partial charge in [-0.1, -0.05) is 34.8 Å². The third-order valence-corrected chi connectivity index (χ3v) is 3.32. The van der Waals surface area contributed by atoms with Gasteiger partial charge in [0.15, 0.2) is 6.23 Å². The lowest BCUT2D eigenvalue weighted by atomic mass is 10.1. The highest BCUT2D eigenvalue weighted by atomic mass is 127. The molecule has 1 aliphatic heterocycles. The first-order chi connectivity index (χ1) is 6.97. The summed E-state index contributed by atoms with van der Waals surface area (Å²) in [5.41, 5.74) is 2.03. The molecule has 82 valence electrons. The monoisotopic (exact) mass is 377 g/mol. The van der Waals surface area contributed by atoms with Crippen LogP contribution in [0.4, 0.5) is 5.69 Å². The van der Waals surface area contributed by atoms with Crippen molar-refractivity contribution in [2.45, 2.75) is 16.6 Å². The number of rotatable bonds is 0. The zero-order valence-electron chi connectivity index (χ0n) is 7.44. The van der Waals surface area contributed by atoms with Gasteiger partial charge >= 0.3 is 0 Å². The summed E-state index contributed by atoms with van der Waals surface area (Å²) in [5, 5.41) is 3.04. The van der Waals surface area contributed by atoms with Crippen LogP contribution in [0.15, 0.2) is 18.2 Å². The molecule has 1 unspecified atom stereocenters. The van der Waals surface area contributed by atoms with Crippen molar-refractivity contribution in [3.8, 4) is 0 Å². The fraction of sp³-hybridized carbons (Fsp3) is 0.333. The van der Waals surface area contributed by atoms with E-state index in [-0.39, 0.29) is 0 Å². The largest absolute Gasteiger partial charge is 0.356 e. The van der Waals surface area contributed by atoms with Crippen molar-refractivity contribution >= 4 is 63.1 Å². The highest BCUT2D eigenvalue weighted by molar-refractivity contribution is 14.1. The lowest BCUT2D eigenvalue weighted by molar-refractivity contribution is 0.0538. The molecule has 0 spiro atoms. The predicted molar refractivity (Wildman–Crippen MR) is 71.6 cm³/mol. The summed E-state index contributed by atoms with van der Waals surface area (Å²) in [5.74, 6) is 0. The van der Waals surface area contributed by atoms with Gasteiger partial charge in [-0.05, 0) is 40.8 Å². The molecule has 15 heavy (non-hydrogen) atoms. The Bertz CT molecular complexity index is 380. The minimum atomic E-state index is -1.46. The molecule has 0 fully saturated rings. The van der Waals surface area contributed by atoms with Gasteiger partial charge in [-0.25, -0.2) is 0 Å². The van der Waals surface area contributed by atoms with Crippen LogP contribution in [0.1, 0.15) is 5.56 Å². The maximum Gasteiger partial charge on any atom is 0.234 e. The smallest absolute Gasteiger partial charge is 0.234 e. The van der Waals surface area contributed by atoms with E-state index in [0.717, 1.165) is 14.8 Å². The Morgan fingerprint density at radius 3 is 2.80 bits per heavy atom. The van der Waals surface area contributed by atoms with E-state index >= 15 is 0 Å². The molecule has 1 N–H and O–H groups in total. The molecule has 6 heteroatoms. The number of hydrogen-bond acceptors (Lipinski definition) is 2. The number of ether oxygens (including phenoxy) is 1. The Kier molecular flexibility index (Phi) is 3.57. The molecule has 0 bridgehead atoms. The molecule has 2 nitrogen and oxygen atoms in total. The molecule has 1 heterocycles. The molecule has 0 saturated carbocycles. The van der Waals surface area contributed by atoms with Crippen LogP contribution >= 0.6 is 57.4 Å². The standard InChI is InChI=1S/C9H7Cl3INO/c10-9(11,12)8-14-7-2-1-6(13)3-5(7)4-15-8/h1-3,8,14H,4H2. The average molecular weight is 378 g/mol. The van der Waals surface area contributed by atoms with Gasteiger partial charge < -0.3 is 10.1 Å². The topological polar surface area (TPSA) is 21.3 Å². The van der Waals surface area contributed by atoms with Crippen molar-refractivity contribution in [2.75, 3.05) is 5.32 Å². The first-order valence-corrected chi connectivity index (χ1v) is 6.41. The van der Waals surface area contributed by atoms with Gasteiger partial charge in [-0.15, -0.1) is 0 Å². The maximum absolute atomic E-state index is 5.75. The lowest BCUT2D eigenvalue weighted by Crippen LogP contribution is -2.39. The molecular formula is C9H7Cl3INO. The summed E-state index contributed by atoms with van der Waals surface area (Å²) < 4.78 is 5.11. The van der Waals surface area contributed by atoms with Crippen LogP contribution in [-0.4, -0.2) is 10.0 Å². The molecule has 0 aliphatic carbocycles. The summed E-state index contributed by atoms with van der Waals surface area (Å²) >= 11 is 19.5. The minimum absolute atomic E-state index is 0.456. The third-order valence-electron chi connectivity index (χ3n) is 2.06. The zero-order valence-corrected chi connectivity index (χ0v) is 11.9. The number of nitrogens with one attached hydrogen (secondary N) is 1. The fourth-order valence-corrected chi connectivity index (χ4v) is 2.26. The van der Waals surface area contributed by atoms with E-state index in [1.54, 1.807) is 0 Å². The second-order valence-electron chi connectivity index (χ2n) is 3.18. The Hall–Kier alpha value is 0.580. The molecule has 1 atom stereocenters. The van der Waals surface area contributed by atoms with E-state index in [4.69, 9.17) is 39.5 Å². The predicted octanol–water partition coefficient (Wildman–Crippen LogP) is 3.93. The van der Waals surface area contributed by atoms with Crippen molar-refractivity contribution in [3.63, 3.8) is 0 Å². The minimum Gasteiger partial charge on any atom is -0.356 e. The SMILES string of the molecule is ClC(Cl)(Cl)C1Nc2ccc(I)cc2CO1. The first-order valence-electron chi connectivity index (χ1n) is 4.20. The molecule has 1 aliphatic rings. The van der Waals surface area contributed by atoms with E-state index < -0.39 is 10.0 Å². The van der Waals surface area contributed by atoms with E-state index in [0.29, 0.717) is 6.61 Å². The average Bonchev–Trinajstić information content (AvgIpc) is 2.15. The maximum atomic E-state index is 5.75. The Balaban J connectivity index is 2.24. The van der Waals surface area contributed by atoms with Gasteiger partial charge in [-0.2, -0.15) is 0 Å². The molecule has 0 amide bonds. The number of halogens is 4. The Morgan fingerprint density at radius 2 is 2.13 bits per heavy atom. The van der Waals surface area contributed by atoms with Gasteiger partial charge in [0, 0.05) is 14.8 Å². The molecular weight excluding hydrogens is 371 g/mol. The van der Waals surface area contributed by atoms with E-state index in [2.05, 4.69) is 27.9 Å². The summed E-state index contributed by atoms with van der Waals surface area (Å²) in [6.45, 7) is 0.456. The van der Waals surface area contributed by atoms with Crippen LogP contribution < -0.4 is 5.32 Å². The molecule has 0 saturated heterocycles. The van der Waals surface area contributed by atoms with Gasteiger partial charge in [-0.3, -0.25) is 0 Å². The lowest BCUT2D eigenvalue weighted by Gasteiger charge is -2.31. The highest BCUT2D eigenvalue weighted by Crippen LogP contribution is 2.37. The van der Waals surface area contributed by atoms with Crippen LogP contribution in [0.25, 0.3) is 0 Å². The van der Waals surface area contributed by atoms with Gasteiger partial charge in [0.1, 0.15) is 0 Å². The Morgan fingerprint density at radius 1 is 1.40 bits per heavy atom. The molecule has 1 aromatic carbocycles.